The molecular formula is C17H25NO3. The van der Waals surface area contributed by atoms with Crippen molar-refractivity contribution in [1.82, 2.24) is 5.32 Å². The summed E-state index contributed by atoms with van der Waals surface area (Å²) in [5, 5.41) is 3.09. The topological polar surface area (TPSA) is 63.2 Å². The fourth-order valence-corrected chi connectivity index (χ4v) is 4.83. The lowest BCUT2D eigenvalue weighted by molar-refractivity contribution is -0.149. The van der Waals surface area contributed by atoms with Crippen LogP contribution in [0.2, 0.25) is 0 Å². The molecule has 21 heavy (non-hydrogen) atoms. The maximum atomic E-state index is 12.9. The third kappa shape index (κ3) is 1.59. The van der Waals surface area contributed by atoms with Crippen LogP contribution in [0, 0.1) is 16.2 Å². The SMILES string of the molecule is CC1(C)[C@@]2(C(=O)NC3CCCCC3)CC[C@]1(C)C(=O)C2=O. The number of hydrogen-bond acceptors (Lipinski definition) is 3. The molecule has 3 fully saturated rings. The summed E-state index contributed by atoms with van der Waals surface area (Å²) in [5.41, 5.74) is -2.39. The number of Topliss-reactive ketones (excluding diaryl/α,β-unsaturated/α-hetero) is 2. The molecule has 1 amide bonds. The Labute approximate surface area is 126 Å². The van der Waals surface area contributed by atoms with Crippen LogP contribution >= 0.6 is 0 Å². The van der Waals surface area contributed by atoms with E-state index in [1.165, 1.54) is 6.42 Å². The highest BCUT2D eigenvalue weighted by Crippen LogP contribution is 2.69. The first-order valence-corrected chi connectivity index (χ1v) is 8.17. The van der Waals surface area contributed by atoms with Gasteiger partial charge in [0, 0.05) is 11.5 Å². The van der Waals surface area contributed by atoms with Gasteiger partial charge in [0.2, 0.25) is 17.5 Å². The molecule has 3 aliphatic rings. The lowest BCUT2D eigenvalue weighted by Gasteiger charge is -2.38. The van der Waals surface area contributed by atoms with Crippen molar-refractivity contribution >= 4 is 17.5 Å². The zero-order chi connectivity index (χ0) is 15.5. The Morgan fingerprint density at radius 2 is 1.62 bits per heavy atom. The monoisotopic (exact) mass is 291 g/mol. The molecule has 3 aliphatic carbocycles. The smallest absolute Gasteiger partial charge is 0.235 e. The van der Waals surface area contributed by atoms with Crippen molar-refractivity contribution in [2.24, 2.45) is 16.2 Å². The average Bonchev–Trinajstić information content (AvgIpc) is 2.72. The van der Waals surface area contributed by atoms with Gasteiger partial charge in [-0.05, 0) is 31.1 Å². The minimum absolute atomic E-state index is 0.173. The van der Waals surface area contributed by atoms with Crippen molar-refractivity contribution in [2.75, 3.05) is 0 Å². The van der Waals surface area contributed by atoms with Crippen LogP contribution in [0.25, 0.3) is 0 Å². The second-order valence-corrected chi connectivity index (χ2v) is 7.83. The Hall–Kier alpha value is -1.19. The predicted octanol–water partition coefficient (Wildman–Crippen LogP) is 2.40. The number of carbonyl (C=O) groups is 3. The molecule has 3 rings (SSSR count). The number of rotatable bonds is 2. The fraction of sp³-hybridized carbons (Fsp3) is 0.824. The molecule has 0 spiro atoms. The molecule has 0 aliphatic heterocycles. The Kier molecular flexibility index (Phi) is 3.09. The van der Waals surface area contributed by atoms with Crippen LogP contribution in [0.5, 0.6) is 0 Å². The molecule has 0 heterocycles. The Morgan fingerprint density at radius 1 is 1.00 bits per heavy atom. The predicted molar refractivity (Wildman–Crippen MR) is 78.6 cm³/mol. The molecule has 0 aromatic carbocycles. The third-order valence-electron chi connectivity index (χ3n) is 6.87. The van der Waals surface area contributed by atoms with Gasteiger partial charge in [0.25, 0.3) is 0 Å². The molecule has 0 saturated heterocycles. The normalized spacial score (nSPS) is 38.8. The number of fused-ring (bicyclic) bond motifs is 2. The van der Waals surface area contributed by atoms with Gasteiger partial charge in [-0.3, -0.25) is 14.4 Å². The second-order valence-electron chi connectivity index (χ2n) is 7.83. The van der Waals surface area contributed by atoms with Crippen molar-refractivity contribution < 1.29 is 14.4 Å². The van der Waals surface area contributed by atoms with Crippen LogP contribution < -0.4 is 5.32 Å². The third-order valence-corrected chi connectivity index (χ3v) is 6.87. The van der Waals surface area contributed by atoms with Gasteiger partial charge < -0.3 is 5.32 Å². The van der Waals surface area contributed by atoms with Crippen molar-refractivity contribution in [3.05, 3.63) is 0 Å². The molecule has 0 aromatic rings. The van der Waals surface area contributed by atoms with Gasteiger partial charge in [-0.15, -0.1) is 0 Å². The Balaban J connectivity index is 1.90. The van der Waals surface area contributed by atoms with Gasteiger partial charge in [0.05, 0.1) is 0 Å². The highest BCUT2D eigenvalue weighted by Gasteiger charge is 2.77. The van der Waals surface area contributed by atoms with Crippen LogP contribution in [0.3, 0.4) is 0 Å². The summed E-state index contributed by atoms with van der Waals surface area (Å²) in [7, 11) is 0. The highest BCUT2D eigenvalue weighted by molar-refractivity contribution is 6.48. The highest BCUT2D eigenvalue weighted by atomic mass is 16.2. The molecule has 2 bridgehead atoms. The molecule has 0 unspecified atom stereocenters. The van der Waals surface area contributed by atoms with Crippen LogP contribution in [0.15, 0.2) is 0 Å². The number of hydrogen-bond donors (Lipinski definition) is 1. The van der Waals surface area contributed by atoms with Crippen molar-refractivity contribution in [1.29, 1.82) is 0 Å². The second kappa shape index (κ2) is 4.40. The van der Waals surface area contributed by atoms with Gasteiger partial charge >= 0.3 is 0 Å². The first-order valence-electron chi connectivity index (χ1n) is 8.17. The standard InChI is InChI=1S/C17H25NO3/c1-15(2)16(3)9-10-17(15,13(20)12(16)19)14(21)18-11-7-5-4-6-8-11/h11H,4-10H2,1-3H3,(H,18,21)/t16-,17+/m1/s1. The summed E-state index contributed by atoms with van der Waals surface area (Å²) < 4.78 is 0. The molecule has 3 saturated carbocycles. The van der Waals surface area contributed by atoms with Crippen LogP contribution in [-0.4, -0.2) is 23.5 Å². The maximum Gasteiger partial charge on any atom is 0.235 e. The number of ketones is 2. The summed E-state index contributed by atoms with van der Waals surface area (Å²) in [4.78, 5) is 37.9. The van der Waals surface area contributed by atoms with E-state index in [1.807, 2.05) is 20.8 Å². The summed E-state index contributed by atoms with van der Waals surface area (Å²) in [6.07, 6.45) is 6.61. The van der Waals surface area contributed by atoms with E-state index >= 15 is 0 Å². The van der Waals surface area contributed by atoms with E-state index in [0.717, 1.165) is 25.7 Å². The lowest BCUT2D eigenvalue weighted by Crippen LogP contribution is -2.53. The molecule has 1 N–H and O–H groups in total. The van der Waals surface area contributed by atoms with Gasteiger partial charge in [0.15, 0.2) is 0 Å². The summed E-state index contributed by atoms with van der Waals surface area (Å²) >= 11 is 0. The van der Waals surface area contributed by atoms with E-state index < -0.39 is 22.0 Å². The molecule has 4 nitrogen and oxygen atoms in total. The Morgan fingerprint density at radius 3 is 2.14 bits per heavy atom. The van der Waals surface area contributed by atoms with Crippen LogP contribution in [0.4, 0.5) is 0 Å². The van der Waals surface area contributed by atoms with E-state index in [-0.39, 0.29) is 17.7 Å². The first-order chi connectivity index (χ1) is 9.77. The zero-order valence-corrected chi connectivity index (χ0v) is 13.3. The summed E-state index contributed by atoms with van der Waals surface area (Å²) in [6, 6.07) is 0.173. The van der Waals surface area contributed by atoms with Crippen LogP contribution in [-0.2, 0) is 14.4 Å². The van der Waals surface area contributed by atoms with Crippen molar-refractivity contribution in [3.63, 3.8) is 0 Å². The van der Waals surface area contributed by atoms with Crippen molar-refractivity contribution in [2.45, 2.75) is 71.8 Å². The lowest BCUT2D eigenvalue weighted by atomic mass is 9.64. The molecule has 2 atom stereocenters. The maximum absolute atomic E-state index is 12.9. The van der Waals surface area contributed by atoms with E-state index in [2.05, 4.69) is 5.32 Å². The van der Waals surface area contributed by atoms with E-state index in [9.17, 15) is 14.4 Å². The number of carbonyl (C=O) groups excluding carboxylic acids is 3. The first kappa shape index (κ1) is 14.7. The van der Waals surface area contributed by atoms with E-state index in [0.29, 0.717) is 12.8 Å². The molecule has 0 radical (unpaired) electrons. The zero-order valence-electron chi connectivity index (χ0n) is 13.3. The molecule has 4 heteroatoms. The van der Waals surface area contributed by atoms with Gasteiger partial charge in [-0.2, -0.15) is 0 Å². The fourth-order valence-electron chi connectivity index (χ4n) is 4.83. The summed E-state index contributed by atoms with van der Waals surface area (Å²) in [5.74, 6) is -0.980. The van der Waals surface area contributed by atoms with Crippen LogP contribution in [0.1, 0.15) is 65.7 Å². The number of amides is 1. The summed E-state index contributed by atoms with van der Waals surface area (Å²) in [6.45, 7) is 5.70. The molecular weight excluding hydrogens is 266 g/mol. The minimum atomic E-state index is -1.13. The molecule has 0 aromatic heterocycles. The number of nitrogens with one attached hydrogen (secondary N) is 1. The Bertz CT molecular complexity index is 518. The van der Waals surface area contributed by atoms with E-state index in [1.54, 1.807) is 0 Å². The molecule has 116 valence electrons. The van der Waals surface area contributed by atoms with Crippen molar-refractivity contribution in [3.8, 4) is 0 Å². The quantitative estimate of drug-likeness (QED) is 0.627. The minimum Gasteiger partial charge on any atom is -0.352 e. The van der Waals surface area contributed by atoms with Gasteiger partial charge in [-0.1, -0.05) is 40.0 Å². The van der Waals surface area contributed by atoms with Gasteiger partial charge in [0.1, 0.15) is 5.41 Å². The average molecular weight is 291 g/mol. The van der Waals surface area contributed by atoms with Gasteiger partial charge in [-0.25, -0.2) is 0 Å². The van der Waals surface area contributed by atoms with E-state index in [4.69, 9.17) is 0 Å². The largest absolute Gasteiger partial charge is 0.352 e.